The molecule has 0 radical (unpaired) electrons. The number of amides is 1. The predicted molar refractivity (Wildman–Crippen MR) is 63.7 cm³/mol. The number of hydrogen-bond acceptors (Lipinski definition) is 4. The summed E-state index contributed by atoms with van der Waals surface area (Å²) in [5.41, 5.74) is 6.05. The maximum atomic E-state index is 11.7. The Hall–Kier alpha value is -2.39. The van der Waals surface area contributed by atoms with E-state index in [9.17, 15) is 9.59 Å². The second-order valence-corrected chi connectivity index (χ2v) is 3.68. The third kappa shape index (κ3) is 3.88. The molecule has 1 atom stereocenters. The molecule has 1 unspecified atom stereocenters. The average molecular weight is 247 g/mol. The molecule has 0 fully saturated rings. The molecule has 0 aliphatic rings. The van der Waals surface area contributed by atoms with Crippen LogP contribution in [0, 0.1) is 11.3 Å². The van der Waals surface area contributed by atoms with Gasteiger partial charge in [-0.05, 0) is 24.6 Å². The molecule has 0 aliphatic carbocycles. The van der Waals surface area contributed by atoms with Crippen molar-refractivity contribution in [1.29, 1.82) is 5.26 Å². The quantitative estimate of drug-likeness (QED) is 0.681. The molecule has 6 nitrogen and oxygen atoms in total. The zero-order chi connectivity index (χ0) is 13.5. The lowest BCUT2D eigenvalue weighted by molar-refractivity contribution is -0.138. The maximum Gasteiger partial charge on any atom is 0.320 e. The van der Waals surface area contributed by atoms with Gasteiger partial charge in [-0.1, -0.05) is 6.07 Å². The van der Waals surface area contributed by atoms with Gasteiger partial charge in [-0.25, -0.2) is 0 Å². The van der Waals surface area contributed by atoms with Crippen LogP contribution in [-0.4, -0.2) is 29.6 Å². The van der Waals surface area contributed by atoms with Crippen LogP contribution < -0.4 is 11.1 Å². The van der Waals surface area contributed by atoms with Gasteiger partial charge in [0.1, 0.15) is 6.04 Å². The van der Waals surface area contributed by atoms with E-state index in [2.05, 4.69) is 5.32 Å². The molecule has 1 amide bonds. The topological polar surface area (TPSA) is 116 Å². The highest BCUT2D eigenvalue weighted by Crippen LogP contribution is 2.03. The summed E-state index contributed by atoms with van der Waals surface area (Å²) in [6.07, 6.45) is 0.152. The van der Waals surface area contributed by atoms with Crippen molar-refractivity contribution in [2.24, 2.45) is 5.73 Å². The Bertz CT molecular complexity index is 494. The number of carbonyl (C=O) groups excluding carboxylic acids is 1. The van der Waals surface area contributed by atoms with Crippen molar-refractivity contribution in [2.45, 2.75) is 12.5 Å². The number of nitriles is 1. The van der Waals surface area contributed by atoms with Crippen LogP contribution in [0.3, 0.4) is 0 Å². The van der Waals surface area contributed by atoms with Gasteiger partial charge in [-0.3, -0.25) is 9.59 Å². The zero-order valence-corrected chi connectivity index (χ0v) is 9.59. The minimum absolute atomic E-state index is 0.152. The molecule has 0 aromatic heterocycles. The first-order valence-corrected chi connectivity index (χ1v) is 5.31. The number of hydrogen-bond donors (Lipinski definition) is 3. The number of carboxylic acid groups (broad SMARTS) is 1. The van der Waals surface area contributed by atoms with Crippen molar-refractivity contribution in [2.75, 3.05) is 6.54 Å². The van der Waals surface area contributed by atoms with Gasteiger partial charge >= 0.3 is 5.97 Å². The third-order valence-electron chi connectivity index (χ3n) is 2.31. The van der Waals surface area contributed by atoms with Crippen LogP contribution in [-0.2, 0) is 4.79 Å². The number of benzene rings is 1. The molecule has 6 heteroatoms. The normalized spacial score (nSPS) is 11.3. The lowest BCUT2D eigenvalue weighted by Crippen LogP contribution is -2.35. The van der Waals surface area contributed by atoms with Gasteiger partial charge in [0, 0.05) is 12.1 Å². The van der Waals surface area contributed by atoms with Gasteiger partial charge in [0.25, 0.3) is 5.91 Å². The predicted octanol–water partition coefficient (Wildman–Crippen LogP) is 0.0901. The highest BCUT2D eigenvalue weighted by molar-refractivity contribution is 5.94. The number of carbonyl (C=O) groups is 2. The zero-order valence-electron chi connectivity index (χ0n) is 9.59. The van der Waals surface area contributed by atoms with Gasteiger partial charge < -0.3 is 16.2 Å². The second kappa shape index (κ2) is 6.37. The Morgan fingerprint density at radius 3 is 2.83 bits per heavy atom. The highest BCUT2D eigenvalue weighted by Gasteiger charge is 2.12. The summed E-state index contributed by atoms with van der Waals surface area (Å²) in [5.74, 6) is -1.46. The summed E-state index contributed by atoms with van der Waals surface area (Å²) in [4.78, 5) is 22.1. The minimum Gasteiger partial charge on any atom is -0.480 e. The van der Waals surface area contributed by atoms with Gasteiger partial charge in [-0.15, -0.1) is 0 Å². The van der Waals surface area contributed by atoms with Gasteiger partial charge in [0.15, 0.2) is 0 Å². The minimum atomic E-state index is -1.10. The fourth-order valence-corrected chi connectivity index (χ4v) is 1.30. The second-order valence-electron chi connectivity index (χ2n) is 3.68. The van der Waals surface area contributed by atoms with E-state index >= 15 is 0 Å². The first-order chi connectivity index (χ1) is 8.54. The van der Waals surface area contributed by atoms with Crippen molar-refractivity contribution in [3.8, 4) is 6.07 Å². The molecule has 0 spiro atoms. The van der Waals surface area contributed by atoms with Gasteiger partial charge in [0.05, 0.1) is 11.6 Å². The standard InChI is InChI=1S/C12H13N3O3/c13-7-8-2-1-3-9(6-8)11(16)15-5-4-10(14)12(17)18/h1-3,6,10H,4-5,14H2,(H,15,16)(H,17,18). The van der Waals surface area contributed by atoms with Crippen LogP contribution in [0.4, 0.5) is 0 Å². The van der Waals surface area contributed by atoms with Crippen molar-refractivity contribution in [3.63, 3.8) is 0 Å². The van der Waals surface area contributed by atoms with Crippen LogP contribution >= 0.6 is 0 Å². The molecule has 0 heterocycles. The van der Waals surface area contributed by atoms with E-state index in [0.29, 0.717) is 11.1 Å². The Morgan fingerprint density at radius 2 is 2.22 bits per heavy atom. The summed E-state index contributed by atoms with van der Waals surface area (Å²) in [6, 6.07) is 7.19. The summed E-state index contributed by atoms with van der Waals surface area (Å²) < 4.78 is 0. The molecule has 1 rings (SSSR count). The summed E-state index contributed by atoms with van der Waals surface area (Å²) >= 11 is 0. The molecular weight excluding hydrogens is 234 g/mol. The molecule has 0 bridgehead atoms. The summed E-state index contributed by atoms with van der Waals surface area (Å²) in [5, 5.41) is 19.8. The van der Waals surface area contributed by atoms with E-state index in [1.807, 2.05) is 6.07 Å². The van der Waals surface area contributed by atoms with E-state index < -0.39 is 12.0 Å². The number of rotatable bonds is 5. The molecule has 1 aromatic rings. The highest BCUT2D eigenvalue weighted by atomic mass is 16.4. The smallest absolute Gasteiger partial charge is 0.320 e. The first kappa shape index (κ1) is 13.7. The van der Waals surface area contributed by atoms with Crippen LogP contribution in [0.15, 0.2) is 24.3 Å². The fraction of sp³-hybridized carbons (Fsp3) is 0.250. The Morgan fingerprint density at radius 1 is 1.50 bits per heavy atom. The maximum absolute atomic E-state index is 11.7. The van der Waals surface area contributed by atoms with E-state index in [1.165, 1.54) is 6.07 Å². The molecule has 18 heavy (non-hydrogen) atoms. The summed E-state index contributed by atoms with van der Waals surface area (Å²) in [7, 11) is 0. The monoisotopic (exact) mass is 247 g/mol. The Balaban J connectivity index is 2.51. The van der Waals surface area contributed by atoms with Crippen molar-refractivity contribution < 1.29 is 14.7 Å². The molecule has 0 saturated carbocycles. The number of nitrogens with zero attached hydrogens (tertiary/aromatic N) is 1. The number of carboxylic acids is 1. The molecular formula is C12H13N3O3. The molecule has 94 valence electrons. The fourth-order valence-electron chi connectivity index (χ4n) is 1.30. The van der Waals surface area contributed by atoms with E-state index in [0.717, 1.165) is 0 Å². The van der Waals surface area contributed by atoms with Crippen LogP contribution in [0.25, 0.3) is 0 Å². The van der Waals surface area contributed by atoms with Crippen LogP contribution in [0.5, 0.6) is 0 Å². The number of aliphatic carboxylic acids is 1. The lowest BCUT2D eigenvalue weighted by atomic mass is 10.1. The van der Waals surface area contributed by atoms with Gasteiger partial charge in [0.2, 0.25) is 0 Å². The van der Waals surface area contributed by atoms with Crippen LogP contribution in [0.2, 0.25) is 0 Å². The van der Waals surface area contributed by atoms with E-state index in [-0.39, 0.29) is 18.9 Å². The largest absolute Gasteiger partial charge is 0.480 e. The van der Waals surface area contributed by atoms with Crippen molar-refractivity contribution in [3.05, 3.63) is 35.4 Å². The SMILES string of the molecule is N#Cc1cccc(C(=O)NCCC(N)C(=O)O)c1. The third-order valence-corrected chi connectivity index (χ3v) is 2.31. The van der Waals surface area contributed by atoms with Gasteiger partial charge in [-0.2, -0.15) is 5.26 Å². The average Bonchev–Trinajstić information content (AvgIpc) is 2.38. The molecule has 4 N–H and O–H groups in total. The Labute approximate surface area is 104 Å². The van der Waals surface area contributed by atoms with E-state index in [1.54, 1.807) is 18.2 Å². The molecule has 0 saturated heterocycles. The van der Waals surface area contributed by atoms with Crippen LogP contribution in [0.1, 0.15) is 22.3 Å². The van der Waals surface area contributed by atoms with E-state index in [4.69, 9.17) is 16.1 Å². The Kier molecular flexibility index (Phi) is 4.84. The number of nitrogens with two attached hydrogens (primary N) is 1. The first-order valence-electron chi connectivity index (χ1n) is 5.31. The lowest BCUT2D eigenvalue weighted by Gasteiger charge is -2.08. The molecule has 0 aliphatic heterocycles. The number of nitrogens with one attached hydrogen (secondary N) is 1. The summed E-state index contributed by atoms with van der Waals surface area (Å²) in [6.45, 7) is 0.170. The van der Waals surface area contributed by atoms with Crippen molar-refractivity contribution >= 4 is 11.9 Å². The van der Waals surface area contributed by atoms with Crippen molar-refractivity contribution in [1.82, 2.24) is 5.32 Å². The molecule has 1 aromatic carbocycles.